The molecule has 0 saturated heterocycles. The summed E-state index contributed by atoms with van der Waals surface area (Å²) in [5.74, 6) is 0.729. The smallest absolute Gasteiger partial charge is 0.181 e. The second-order valence-corrected chi connectivity index (χ2v) is 3.61. The maximum atomic E-state index is 5.93. The van der Waals surface area contributed by atoms with Crippen molar-refractivity contribution in [3.05, 3.63) is 35.1 Å². The molecular formula is C10H10ClN3. The van der Waals surface area contributed by atoms with Gasteiger partial charge in [0, 0.05) is 17.6 Å². The van der Waals surface area contributed by atoms with Gasteiger partial charge in [0.05, 0.1) is 0 Å². The van der Waals surface area contributed by atoms with Gasteiger partial charge < -0.3 is 0 Å². The van der Waals surface area contributed by atoms with E-state index in [2.05, 4.69) is 10.1 Å². The molecule has 14 heavy (non-hydrogen) atoms. The summed E-state index contributed by atoms with van der Waals surface area (Å²) in [5.41, 5.74) is 2.03. The largest absolute Gasteiger partial charge is 0.255 e. The van der Waals surface area contributed by atoms with Crippen molar-refractivity contribution in [2.75, 3.05) is 0 Å². The van der Waals surface area contributed by atoms with Gasteiger partial charge in [0.25, 0.3) is 0 Å². The van der Waals surface area contributed by atoms with Gasteiger partial charge in [-0.15, -0.1) is 0 Å². The number of aromatic nitrogens is 3. The molecule has 1 aromatic carbocycles. The molecule has 0 atom stereocenters. The SMILES string of the molecule is Cc1cc(-c2ncn(C)n2)ccc1Cl. The molecule has 0 fully saturated rings. The predicted molar refractivity (Wildman–Crippen MR) is 56.2 cm³/mol. The van der Waals surface area contributed by atoms with Crippen LogP contribution in [-0.4, -0.2) is 14.8 Å². The van der Waals surface area contributed by atoms with Crippen LogP contribution in [0.5, 0.6) is 0 Å². The molecule has 0 unspecified atom stereocenters. The lowest BCUT2D eigenvalue weighted by Crippen LogP contribution is -1.88. The van der Waals surface area contributed by atoms with E-state index in [1.165, 1.54) is 0 Å². The maximum absolute atomic E-state index is 5.93. The summed E-state index contributed by atoms with van der Waals surface area (Å²) in [6.07, 6.45) is 1.68. The van der Waals surface area contributed by atoms with E-state index < -0.39 is 0 Å². The van der Waals surface area contributed by atoms with Crippen LogP contribution in [0.4, 0.5) is 0 Å². The fourth-order valence-electron chi connectivity index (χ4n) is 1.26. The van der Waals surface area contributed by atoms with Crippen molar-refractivity contribution in [3.8, 4) is 11.4 Å². The van der Waals surface area contributed by atoms with Crippen LogP contribution >= 0.6 is 11.6 Å². The normalized spacial score (nSPS) is 10.5. The molecule has 0 amide bonds. The third-order valence-electron chi connectivity index (χ3n) is 2.02. The van der Waals surface area contributed by atoms with Gasteiger partial charge in [-0.3, -0.25) is 4.68 Å². The molecule has 2 rings (SSSR count). The van der Waals surface area contributed by atoms with Crippen molar-refractivity contribution in [1.29, 1.82) is 0 Å². The average Bonchev–Trinajstić information content (AvgIpc) is 2.57. The van der Waals surface area contributed by atoms with Gasteiger partial charge in [0.2, 0.25) is 0 Å². The first-order valence-corrected chi connectivity index (χ1v) is 4.67. The predicted octanol–water partition coefficient (Wildman–Crippen LogP) is 2.44. The molecule has 0 aliphatic carbocycles. The molecule has 0 radical (unpaired) electrons. The van der Waals surface area contributed by atoms with Gasteiger partial charge >= 0.3 is 0 Å². The van der Waals surface area contributed by atoms with Gasteiger partial charge in [0.15, 0.2) is 5.82 Å². The number of aryl methyl sites for hydroxylation is 2. The molecule has 0 aliphatic rings. The van der Waals surface area contributed by atoms with E-state index in [0.717, 1.165) is 22.0 Å². The molecule has 0 N–H and O–H groups in total. The molecule has 0 aliphatic heterocycles. The summed E-state index contributed by atoms with van der Waals surface area (Å²) in [6.45, 7) is 1.97. The van der Waals surface area contributed by atoms with E-state index >= 15 is 0 Å². The molecule has 0 spiro atoms. The van der Waals surface area contributed by atoms with E-state index in [1.54, 1.807) is 11.0 Å². The third kappa shape index (κ3) is 1.63. The minimum atomic E-state index is 0.729. The zero-order chi connectivity index (χ0) is 10.1. The van der Waals surface area contributed by atoms with E-state index in [4.69, 9.17) is 11.6 Å². The minimum Gasteiger partial charge on any atom is -0.255 e. The Bertz CT molecular complexity index is 462. The molecule has 3 nitrogen and oxygen atoms in total. The lowest BCUT2D eigenvalue weighted by atomic mass is 10.1. The fourth-order valence-corrected chi connectivity index (χ4v) is 1.37. The summed E-state index contributed by atoms with van der Waals surface area (Å²) in [7, 11) is 1.85. The number of halogens is 1. The second-order valence-electron chi connectivity index (χ2n) is 3.21. The van der Waals surface area contributed by atoms with Crippen LogP contribution in [0.1, 0.15) is 5.56 Å². The average molecular weight is 208 g/mol. The summed E-state index contributed by atoms with van der Waals surface area (Å²) in [6, 6.07) is 5.77. The molecule has 4 heteroatoms. The van der Waals surface area contributed by atoms with Crippen molar-refractivity contribution in [3.63, 3.8) is 0 Å². The number of benzene rings is 1. The van der Waals surface area contributed by atoms with Crippen molar-refractivity contribution >= 4 is 11.6 Å². The summed E-state index contributed by atoms with van der Waals surface area (Å²) in [4.78, 5) is 4.17. The Kier molecular flexibility index (Phi) is 2.25. The van der Waals surface area contributed by atoms with Crippen LogP contribution in [0.3, 0.4) is 0 Å². The van der Waals surface area contributed by atoms with Crippen molar-refractivity contribution < 1.29 is 0 Å². The van der Waals surface area contributed by atoms with E-state index in [-0.39, 0.29) is 0 Å². The summed E-state index contributed by atoms with van der Waals surface area (Å²) >= 11 is 5.93. The molecule has 72 valence electrons. The van der Waals surface area contributed by atoms with E-state index in [1.807, 2.05) is 32.2 Å². The zero-order valence-electron chi connectivity index (χ0n) is 8.03. The van der Waals surface area contributed by atoms with Crippen LogP contribution in [0, 0.1) is 6.92 Å². The van der Waals surface area contributed by atoms with E-state index in [0.29, 0.717) is 0 Å². The topological polar surface area (TPSA) is 30.7 Å². The van der Waals surface area contributed by atoms with Crippen LogP contribution in [-0.2, 0) is 7.05 Å². The Balaban J connectivity index is 2.47. The fraction of sp³-hybridized carbons (Fsp3) is 0.200. The highest BCUT2D eigenvalue weighted by Gasteiger charge is 2.04. The first-order chi connectivity index (χ1) is 6.66. The van der Waals surface area contributed by atoms with Crippen LogP contribution in [0.15, 0.2) is 24.5 Å². The van der Waals surface area contributed by atoms with Crippen molar-refractivity contribution in [2.45, 2.75) is 6.92 Å². The Morgan fingerprint density at radius 3 is 2.71 bits per heavy atom. The molecule has 2 aromatic rings. The lowest BCUT2D eigenvalue weighted by Gasteiger charge is -1.99. The number of hydrogen-bond acceptors (Lipinski definition) is 2. The van der Waals surface area contributed by atoms with Crippen LogP contribution in [0.2, 0.25) is 5.02 Å². The Labute approximate surface area is 87.3 Å². The minimum absolute atomic E-state index is 0.729. The number of nitrogens with zero attached hydrogens (tertiary/aromatic N) is 3. The quantitative estimate of drug-likeness (QED) is 0.719. The highest BCUT2D eigenvalue weighted by atomic mass is 35.5. The van der Waals surface area contributed by atoms with Crippen LogP contribution < -0.4 is 0 Å². The molecule has 0 bridgehead atoms. The molecule has 1 aromatic heterocycles. The van der Waals surface area contributed by atoms with Gasteiger partial charge in [-0.2, -0.15) is 5.10 Å². The monoisotopic (exact) mass is 207 g/mol. The van der Waals surface area contributed by atoms with E-state index in [9.17, 15) is 0 Å². The van der Waals surface area contributed by atoms with Crippen molar-refractivity contribution in [2.24, 2.45) is 7.05 Å². The lowest BCUT2D eigenvalue weighted by molar-refractivity contribution is 0.768. The van der Waals surface area contributed by atoms with Crippen molar-refractivity contribution in [1.82, 2.24) is 14.8 Å². The zero-order valence-corrected chi connectivity index (χ0v) is 8.78. The molecule has 1 heterocycles. The maximum Gasteiger partial charge on any atom is 0.181 e. The summed E-state index contributed by atoms with van der Waals surface area (Å²) in [5, 5.41) is 4.98. The van der Waals surface area contributed by atoms with Gasteiger partial charge in [-0.25, -0.2) is 4.98 Å². The standard InChI is InChI=1S/C10H10ClN3/c1-7-5-8(3-4-9(7)11)10-12-6-14(2)13-10/h3-6H,1-2H3. The van der Waals surface area contributed by atoms with Gasteiger partial charge in [-0.05, 0) is 30.7 Å². The Hall–Kier alpha value is -1.35. The first kappa shape index (κ1) is 9.21. The number of hydrogen-bond donors (Lipinski definition) is 0. The summed E-state index contributed by atoms with van der Waals surface area (Å²) < 4.78 is 1.68. The Morgan fingerprint density at radius 2 is 2.14 bits per heavy atom. The highest BCUT2D eigenvalue weighted by molar-refractivity contribution is 6.31. The first-order valence-electron chi connectivity index (χ1n) is 4.29. The molecular weight excluding hydrogens is 198 g/mol. The highest BCUT2D eigenvalue weighted by Crippen LogP contribution is 2.21. The Morgan fingerprint density at radius 1 is 1.36 bits per heavy atom. The van der Waals surface area contributed by atoms with Gasteiger partial charge in [0.1, 0.15) is 6.33 Å². The number of rotatable bonds is 1. The van der Waals surface area contributed by atoms with Gasteiger partial charge in [-0.1, -0.05) is 11.6 Å². The third-order valence-corrected chi connectivity index (χ3v) is 2.44. The molecule has 0 saturated carbocycles. The van der Waals surface area contributed by atoms with Crippen LogP contribution in [0.25, 0.3) is 11.4 Å². The second kappa shape index (κ2) is 3.42.